The van der Waals surface area contributed by atoms with Gasteiger partial charge in [0.2, 0.25) is 0 Å². The van der Waals surface area contributed by atoms with Gasteiger partial charge in [-0.3, -0.25) is 4.79 Å². The van der Waals surface area contributed by atoms with Crippen molar-refractivity contribution in [3.05, 3.63) is 27.7 Å². The molecule has 1 unspecified atom stereocenters. The number of hydrogen-bond donors (Lipinski definition) is 0. The molecule has 0 spiro atoms. The second kappa shape index (κ2) is 7.58. The fourth-order valence-electron chi connectivity index (χ4n) is 4.84. The van der Waals surface area contributed by atoms with E-state index in [0.717, 1.165) is 37.5 Å². The van der Waals surface area contributed by atoms with Crippen LogP contribution >= 0.6 is 0 Å². The van der Waals surface area contributed by atoms with Gasteiger partial charge in [-0.2, -0.15) is 5.10 Å². The highest BCUT2D eigenvalue weighted by molar-refractivity contribution is 5.22. The summed E-state index contributed by atoms with van der Waals surface area (Å²) in [5.74, 6) is 0.602. The Balaban J connectivity index is 1.30. The predicted molar refractivity (Wildman–Crippen MR) is 100.0 cm³/mol. The third-order valence-electron chi connectivity index (χ3n) is 6.55. The minimum Gasteiger partial charge on any atom is -0.302 e. The van der Waals surface area contributed by atoms with Crippen LogP contribution in [0.15, 0.2) is 10.9 Å². The Bertz CT molecular complexity index is 648. The van der Waals surface area contributed by atoms with Crippen LogP contribution in [0.2, 0.25) is 0 Å². The van der Waals surface area contributed by atoms with Crippen LogP contribution in [-0.2, 0) is 19.4 Å². The fourth-order valence-corrected chi connectivity index (χ4v) is 4.84. The van der Waals surface area contributed by atoms with Crippen LogP contribution in [0.5, 0.6) is 0 Å². The molecule has 0 amide bonds. The van der Waals surface area contributed by atoms with Gasteiger partial charge in [0.25, 0.3) is 5.56 Å². The molecule has 0 radical (unpaired) electrons. The average Bonchev–Trinajstić information content (AvgIpc) is 3.06. The second-order valence-electron chi connectivity index (χ2n) is 8.36. The van der Waals surface area contributed by atoms with Crippen molar-refractivity contribution in [1.82, 2.24) is 19.6 Å². The topological polar surface area (TPSA) is 41.4 Å². The molecular weight excluding hydrogens is 312 g/mol. The van der Waals surface area contributed by atoms with E-state index in [9.17, 15) is 4.79 Å². The molecule has 2 aliphatic heterocycles. The van der Waals surface area contributed by atoms with E-state index in [1.165, 1.54) is 63.8 Å². The van der Waals surface area contributed by atoms with E-state index in [1.807, 2.05) is 6.07 Å². The Morgan fingerprint density at radius 1 is 1.04 bits per heavy atom. The van der Waals surface area contributed by atoms with Gasteiger partial charge in [-0.15, -0.1) is 0 Å². The maximum Gasteiger partial charge on any atom is 0.267 e. The molecule has 2 saturated heterocycles. The molecule has 1 aromatic heterocycles. The van der Waals surface area contributed by atoms with E-state index in [4.69, 9.17) is 0 Å². The van der Waals surface area contributed by atoms with Gasteiger partial charge in [-0.25, -0.2) is 4.68 Å². The molecule has 2 fully saturated rings. The minimum absolute atomic E-state index is 0.104. The van der Waals surface area contributed by atoms with Crippen molar-refractivity contribution in [2.75, 3.05) is 33.2 Å². The summed E-state index contributed by atoms with van der Waals surface area (Å²) in [6.07, 6.45) is 9.72. The molecular formula is C20H32N4O. The van der Waals surface area contributed by atoms with Crippen LogP contribution in [0, 0.1) is 5.92 Å². The summed E-state index contributed by atoms with van der Waals surface area (Å²) >= 11 is 0. The van der Waals surface area contributed by atoms with Gasteiger partial charge < -0.3 is 9.80 Å². The number of aromatic nitrogens is 2. The minimum atomic E-state index is 0.104. The van der Waals surface area contributed by atoms with Crippen molar-refractivity contribution in [2.24, 2.45) is 5.92 Å². The van der Waals surface area contributed by atoms with Gasteiger partial charge in [-0.05, 0) is 83.1 Å². The van der Waals surface area contributed by atoms with Crippen molar-refractivity contribution >= 4 is 0 Å². The molecule has 0 bridgehead atoms. The molecule has 0 N–H and O–H groups in total. The van der Waals surface area contributed by atoms with Crippen LogP contribution in [0.3, 0.4) is 0 Å². The summed E-state index contributed by atoms with van der Waals surface area (Å²) in [6, 6.07) is 2.58. The highest BCUT2D eigenvalue weighted by Gasteiger charge is 2.26. The van der Waals surface area contributed by atoms with Gasteiger partial charge in [0.15, 0.2) is 0 Å². The number of rotatable bonds is 4. The van der Waals surface area contributed by atoms with E-state index in [2.05, 4.69) is 21.9 Å². The zero-order valence-corrected chi connectivity index (χ0v) is 15.6. The number of likely N-dealkylation sites (tertiary alicyclic amines) is 2. The second-order valence-corrected chi connectivity index (χ2v) is 8.36. The van der Waals surface area contributed by atoms with Gasteiger partial charge in [0.1, 0.15) is 0 Å². The van der Waals surface area contributed by atoms with Crippen LogP contribution in [0.25, 0.3) is 0 Å². The molecule has 25 heavy (non-hydrogen) atoms. The Morgan fingerprint density at radius 2 is 1.88 bits per heavy atom. The third-order valence-corrected chi connectivity index (χ3v) is 6.55. The lowest BCUT2D eigenvalue weighted by atomic mass is 9.95. The molecule has 138 valence electrons. The lowest BCUT2D eigenvalue weighted by Gasteiger charge is -2.39. The van der Waals surface area contributed by atoms with Crippen molar-refractivity contribution in [3.63, 3.8) is 0 Å². The maximum atomic E-state index is 12.3. The first-order valence-corrected chi connectivity index (χ1v) is 10.2. The van der Waals surface area contributed by atoms with Crippen molar-refractivity contribution in [3.8, 4) is 0 Å². The lowest BCUT2D eigenvalue weighted by molar-refractivity contribution is 0.0995. The zero-order chi connectivity index (χ0) is 17.2. The van der Waals surface area contributed by atoms with Crippen LogP contribution < -0.4 is 5.56 Å². The first-order valence-electron chi connectivity index (χ1n) is 10.2. The molecule has 5 heteroatoms. The molecule has 5 nitrogen and oxygen atoms in total. The Hall–Kier alpha value is -1.20. The van der Waals surface area contributed by atoms with Gasteiger partial charge in [0.05, 0.1) is 5.69 Å². The fraction of sp³-hybridized carbons (Fsp3) is 0.800. The normalized spacial score (nSPS) is 26.0. The van der Waals surface area contributed by atoms with Crippen molar-refractivity contribution < 1.29 is 0 Å². The number of hydrogen-bond acceptors (Lipinski definition) is 4. The van der Waals surface area contributed by atoms with Crippen LogP contribution in [0.1, 0.15) is 49.8 Å². The van der Waals surface area contributed by atoms with E-state index >= 15 is 0 Å². The highest BCUT2D eigenvalue weighted by Crippen LogP contribution is 2.22. The van der Waals surface area contributed by atoms with Crippen molar-refractivity contribution in [1.29, 1.82) is 0 Å². The maximum absolute atomic E-state index is 12.3. The smallest absolute Gasteiger partial charge is 0.267 e. The molecule has 1 aliphatic carbocycles. The highest BCUT2D eigenvalue weighted by atomic mass is 16.1. The van der Waals surface area contributed by atoms with Crippen molar-refractivity contribution in [2.45, 2.75) is 64.0 Å². The summed E-state index contributed by atoms with van der Waals surface area (Å²) < 4.78 is 1.75. The predicted octanol–water partition coefficient (Wildman–Crippen LogP) is 1.93. The van der Waals surface area contributed by atoms with E-state index < -0.39 is 0 Å². The summed E-state index contributed by atoms with van der Waals surface area (Å²) in [7, 11) is 2.28. The first kappa shape index (κ1) is 17.2. The number of nitrogens with zero attached hydrogens (tertiary/aromatic N) is 4. The Labute approximate surface area is 151 Å². The molecule has 1 aromatic rings. The Kier molecular flexibility index (Phi) is 5.23. The molecule has 1 atom stereocenters. The number of likely N-dealkylation sites (N-methyl/N-ethyl adjacent to an activating group) is 1. The largest absolute Gasteiger partial charge is 0.302 e. The summed E-state index contributed by atoms with van der Waals surface area (Å²) in [4.78, 5) is 17.5. The van der Waals surface area contributed by atoms with Gasteiger partial charge in [0, 0.05) is 25.2 Å². The van der Waals surface area contributed by atoms with E-state index in [0.29, 0.717) is 5.92 Å². The molecule has 0 aromatic carbocycles. The SMILES string of the molecule is CN1CCCCC1CN1CCC(Cn2nc3c(cc2=O)CCC3)CC1. The third kappa shape index (κ3) is 3.98. The van der Waals surface area contributed by atoms with E-state index in [1.54, 1.807) is 4.68 Å². The van der Waals surface area contributed by atoms with E-state index in [-0.39, 0.29) is 5.56 Å². The molecule has 0 saturated carbocycles. The lowest BCUT2D eigenvalue weighted by Crippen LogP contribution is -2.47. The quantitative estimate of drug-likeness (QED) is 0.837. The summed E-state index contributed by atoms with van der Waals surface area (Å²) in [5, 5.41) is 4.65. The number of fused-ring (bicyclic) bond motifs is 1. The van der Waals surface area contributed by atoms with Crippen LogP contribution in [0.4, 0.5) is 0 Å². The zero-order valence-electron chi connectivity index (χ0n) is 15.6. The first-order chi connectivity index (χ1) is 12.2. The monoisotopic (exact) mass is 344 g/mol. The molecule has 3 aliphatic rings. The number of aryl methyl sites for hydroxylation is 2. The summed E-state index contributed by atoms with van der Waals surface area (Å²) in [5.41, 5.74) is 2.46. The molecule has 3 heterocycles. The van der Waals surface area contributed by atoms with Crippen LogP contribution in [-0.4, -0.2) is 58.8 Å². The summed E-state index contributed by atoms with van der Waals surface area (Å²) in [6.45, 7) is 5.64. The number of piperidine rings is 2. The average molecular weight is 345 g/mol. The van der Waals surface area contributed by atoms with Gasteiger partial charge in [-0.1, -0.05) is 6.42 Å². The standard InChI is InChI=1S/C20H32N4O/c1-22-10-3-2-6-18(22)15-23-11-8-16(9-12-23)14-24-20(25)13-17-5-4-7-19(17)21-24/h13,16,18H,2-12,14-15H2,1H3. The molecule has 4 rings (SSSR count). The Morgan fingerprint density at radius 3 is 2.68 bits per heavy atom. The van der Waals surface area contributed by atoms with Gasteiger partial charge >= 0.3 is 0 Å².